The Kier molecular flexibility index (Phi) is 8.10. The van der Waals surface area contributed by atoms with Crippen LogP contribution >= 0.6 is 0 Å². The molecule has 0 aromatic rings. The van der Waals surface area contributed by atoms with Crippen molar-refractivity contribution in [3.63, 3.8) is 0 Å². The molecule has 0 fully saturated rings. The first-order valence-corrected chi connectivity index (χ1v) is 6.07. The van der Waals surface area contributed by atoms with E-state index in [2.05, 4.69) is 0 Å². The zero-order valence-electron chi connectivity index (χ0n) is 11.5. The molecule has 0 saturated carbocycles. The zero-order valence-corrected chi connectivity index (χ0v) is 11.5. The first kappa shape index (κ1) is 17.3. The van der Waals surface area contributed by atoms with E-state index in [-0.39, 0.29) is 19.8 Å². The molecule has 18 heavy (non-hydrogen) atoms. The summed E-state index contributed by atoms with van der Waals surface area (Å²) in [6.45, 7) is 5.18. The molecular formula is C12H24O6. The predicted molar refractivity (Wildman–Crippen MR) is 65.1 cm³/mol. The SMILES string of the molecule is CCOCC(C(=O)OCC)(C(C)O)C(O)COC. The van der Waals surface area contributed by atoms with E-state index in [1.807, 2.05) is 0 Å². The van der Waals surface area contributed by atoms with Crippen LogP contribution in [0.5, 0.6) is 0 Å². The third-order valence-corrected chi connectivity index (χ3v) is 2.87. The summed E-state index contributed by atoms with van der Waals surface area (Å²) in [7, 11) is 1.40. The van der Waals surface area contributed by atoms with Gasteiger partial charge < -0.3 is 24.4 Å². The van der Waals surface area contributed by atoms with Crippen LogP contribution in [0, 0.1) is 5.41 Å². The molecule has 0 aliphatic rings. The Balaban J connectivity index is 5.19. The largest absolute Gasteiger partial charge is 0.465 e. The summed E-state index contributed by atoms with van der Waals surface area (Å²) in [5, 5.41) is 20.0. The summed E-state index contributed by atoms with van der Waals surface area (Å²) in [6.07, 6.45) is -2.32. The second-order valence-corrected chi connectivity index (χ2v) is 4.05. The molecule has 0 radical (unpaired) electrons. The number of carbonyl (C=O) groups is 1. The lowest BCUT2D eigenvalue weighted by Crippen LogP contribution is -2.55. The fraction of sp³-hybridized carbons (Fsp3) is 0.917. The van der Waals surface area contributed by atoms with E-state index < -0.39 is 23.6 Å². The molecule has 0 aliphatic heterocycles. The van der Waals surface area contributed by atoms with E-state index in [1.165, 1.54) is 14.0 Å². The highest BCUT2D eigenvalue weighted by atomic mass is 16.5. The minimum absolute atomic E-state index is 0.0865. The molecule has 0 aromatic carbocycles. The van der Waals surface area contributed by atoms with Crippen LogP contribution in [-0.2, 0) is 19.0 Å². The lowest BCUT2D eigenvalue weighted by molar-refractivity contribution is -0.187. The van der Waals surface area contributed by atoms with Gasteiger partial charge in [0.1, 0.15) is 5.41 Å². The minimum atomic E-state index is -1.53. The Morgan fingerprint density at radius 2 is 1.89 bits per heavy atom. The van der Waals surface area contributed by atoms with Crippen LogP contribution in [0.15, 0.2) is 0 Å². The number of carbonyl (C=O) groups excluding carboxylic acids is 1. The van der Waals surface area contributed by atoms with Gasteiger partial charge in [-0.25, -0.2) is 0 Å². The summed E-state index contributed by atoms with van der Waals surface area (Å²) in [4.78, 5) is 12.1. The van der Waals surface area contributed by atoms with Crippen molar-refractivity contribution in [1.29, 1.82) is 0 Å². The van der Waals surface area contributed by atoms with Crippen molar-refractivity contribution in [1.82, 2.24) is 0 Å². The standard InChI is InChI=1S/C12H24O6/c1-5-17-8-12(9(3)13,10(14)7-16-4)11(15)18-6-2/h9-10,13-14H,5-8H2,1-4H3. The average molecular weight is 264 g/mol. The number of aliphatic hydroxyl groups is 2. The Hall–Kier alpha value is -0.690. The third-order valence-electron chi connectivity index (χ3n) is 2.87. The number of hydrogen-bond donors (Lipinski definition) is 2. The van der Waals surface area contributed by atoms with Gasteiger partial charge in [0.15, 0.2) is 0 Å². The maximum atomic E-state index is 12.1. The molecule has 0 aromatic heterocycles. The maximum absolute atomic E-state index is 12.1. The van der Waals surface area contributed by atoms with Crippen molar-refractivity contribution in [3.05, 3.63) is 0 Å². The van der Waals surface area contributed by atoms with Gasteiger partial charge in [0.2, 0.25) is 0 Å². The molecule has 6 heteroatoms. The van der Waals surface area contributed by atoms with Gasteiger partial charge in [-0.1, -0.05) is 0 Å². The maximum Gasteiger partial charge on any atom is 0.319 e. The van der Waals surface area contributed by atoms with E-state index in [4.69, 9.17) is 14.2 Å². The lowest BCUT2D eigenvalue weighted by Gasteiger charge is -2.37. The highest BCUT2D eigenvalue weighted by molar-refractivity contribution is 5.78. The molecule has 0 bridgehead atoms. The average Bonchev–Trinajstić information content (AvgIpc) is 2.30. The van der Waals surface area contributed by atoms with Crippen LogP contribution in [0.3, 0.4) is 0 Å². The normalized spacial score (nSPS) is 17.9. The first-order chi connectivity index (χ1) is 8.47. The van der Waals surface area contributed by atoms with Crippen LogP contribution in [0.25, 0.3) is 0 Å². The van der Waals surface area contributed by atoms with Crippen molar-refractivity contribution in [3.8, 4) is 0 Å². The Labute approximate surface area is 108 Å². The fourth-order valence-corrected chi connectivity index (χ4v) is 1.70. The molecule has 0 rings (SSSR count). The van der Waals surface area contributed by atoms with Gasteiger partial charge in [-0.2, -0.15) is 0 Å². The summed E-state index contributed by atoms with van der Waals surface area (Å²) >= 11 is 0. The van der Waals surface area contributed by atoms with Crippen LogP contribution in [0.2, 0.25) is 0 Å². The minimum Gasteiger partial charge on any atom is -0.465 e. The smallest absolute Gasteiger partial charge is 0.319 e. The molecule has 3 atom stereocenters. The molecule has 0 aliphatic carbocycles. The highest BCUT2D eigenvalue weighted by Gasteiger charge is 2.51. The van der Waals surface area contributed by atoms with Crippen LogP contribution in [0.1, 0.15) is 20.8 Å². The molecular weight excluding hydrogens is 240 g/mol. The third kappa shape index (κ3) is 3.91. The molecule has 0 amide bonds. The predicted octanol–water partition coefficient (Wildman–Crippen LogP) is -0.0395. The van der Waals surface area contributed by atoms with E-state index in [1.54, 1.807) is 13.8 Å². The summed E-state index contributed by atoms with van der Waals surface area (Å²) < 4.78 is 15.0. The van der Waals surface area contributed by atoms with Gasteiger partial charge in [-0.15, -0.1) is 0 Å². The molecule has 2 N–H and O–H groups in total. The van der Waals surface area contributed by atoms with Crippen molar-refractivity contribution in [2.24, 2.45) is 5.41 Å². The zero-order chi connectivity index (χ0) is 14.2. The molecule has 0 heterocycles. The van der Waals surface area contributed by atoms with Crippen LogP contribution < -0.4 is 0 Å². The lowest BCUT2D eigenvalue weighted by atomic mass is 9.78. The van der Waals surface area contributed by atoms with Crippen molar-refractivity contribution < 1.29 is 29.2 Å². The van der Waals surface area contributed by atoms with Gasteiger partial charge in [-0.3, -0.25) is 4.79 Å². The van der Waals surface area contributed by atoms with E-state index in [9.17, 15) is 15.0 Å². The molecule has 0 spiro atoms. The monoisotopic (exact) mass is 264 g/mol. The van der Waals surface area contributed by atoms with Gasteiger partial charge in [-0.05, 0) is 20.8 Å². The quantitative estimate of drug-likeness (QED) is 0.568. The van der Waals surface area contributed by atoms with Gasteiger partial charge in [0.25, 0.3) is 0 Å². The molecule has 6 nitrogen and oxygen atoms in total. The van der Waals surface area contributed by atoms with Gasteiger partial charge >= 0.3 is 5.97 Å². The highest BCUT2D eigenvalue weighted by Crippen LogP contribution is 2.30. The number of methoxy groups -OCH3 is 1. The van der Waals surface area contributed by atoms with Crippen LogP contribution in [0.4, 0.5) is 0 Å². The van der Waals surface area contributed by atoms with E-state index >= 15 is 0 Å². The van der Waals surface area contributed by atoms with Crippen molar-refractivity contribution >= 4 is 5.97 Å². The number of ether oxygens (including phenoxy) is 3. The summed E-state index contributed by atoms with van der Waals surface area (Å²) in [5.41, 5.74) is -1.53. The molecule has 108 valence electrons. The van der Waals surface area contributed by atoms with Gasteiger partial charge in [0, 0.05) is 13.7 Å². The topological polar surface area (TPSA) is 85.2 Å². The van der Waals surface area contributed by atoms with E-state index in [0.717, 1.165) is 0 Å². The van der Waals surface area contributed by atoms with Crippen molar-refractivity contribution in [2.45, 2.75) is 33.0 Å². The molecule has 3 unspecified atom stereocenters. The Morgan fingerprint density at radius 3 is 2.28 bits per heavy atom. The summed E-state index contributed by atoms with van der Waals surface area (Å²) in [5.74, 6) is -0.682. The second kappa shape index (κ2) is 8.42. The van der Waals surface area contributed by atoms with E-state index in [0.29, 0.717) is 6.61 Å². The second-order valence-electron chi connectivity index (χ2n) is 4.05. The first-order valence-electron chi connectivity index (χ1n) is 6.07. The van der Waals surface area contributed by atoms with Crippen LogP contribution in [-0.4, -0.2) is 61.9 Å². The Morgan fingerprint density at radius 1 is 1.28 bits per heavy atom. The number of esters is 1. The van der Waals surface area contributed by atoms with Crippen molar-refractivity contribution in [2.75, 3.05) is 33.5 Å². The number of hydrogen-bond acceptors (Lipinski definition) is 6. The fourth-order valence-electron chi connectivity index (χ4n) is 1.70. The molecule has 0 saturated heterocycles. The number of rotatable bonds is 9. The summed E-state index contributed by atoms with van der Waals surface area (Å²) in [6, 6.07) is 0. The number of aliphatic hydroxyl groups excluding tert-OH is 2. The Bertz CT molecular complexity index is 243. The van der Waals surface area contributed by atoms with Gasteiger partial charge in [0.05, 0.1) is 32.0 Å².